The van der Waals surface area contributed by atoms with Crippen molar-refractivity contribution < 1.29 is 8.78 Å². The third-order valence-electron chi connectivity index (χ3n) is 1.61. The van der Waals surface area contributed by atoms with Gasteiger partial charge < -0.3 is 11.1 Å². The molecule has 0 fully saturated rings. The Hall–Kier alpha value is -1.46. The van der Waals surface area contributed by atoms with E-state index >= 15 is 0 Å². The summed E-state index contributed by atoms with van der Waals surface area (Å²) in [7, 11) is 0. The van der Waals surface area contributed by atoms with Crippen LogP contribution in [0, 0.1) is 0 Å². The van der Waals surface area contributed by atoms with E-state index in [1.807, 2.05) is 0 Å². The maximum absolute atomic E-state index is 12.0. The van der Waals surface area contributed by atoms with Gasteiger partial charge in [0.2, 0.25) is 6.43 Å². The van der Waals surface area contributed by atoms with Crippen LogP contribution in [0.1, 0.15) is 13.3 Å². The van der Waals surface area contributed by atoms with E-state index in [0.29, 0.717) is 11.6 Å². The Morgan fingerprint density at radius 2 is 2.21 bits per heavy atom. The summed E-state index contributed by atoms with van der Waals surface area (Å²) in [6.45, 7) is 1.66. The van der Waals surface area contributed by atoms with E-state index in [4.69, 9.17) is 5.73 Å². The van der Waals surface area contributed by atoms with Gasteiger partial charge in [-0.05, 0) is 6.92 Å². The standard InChI is InChI=1S/C8H12F2N4/c1-5(2-6(9)10)14-8-3-7(11)12-4-13-8/h3-6H,2H2,1H3,(H3,11,12,13,14). The summed E-state index contributed by atoms with van der Waals surface area (Å²) in [6, 6.07) is 1.16. The second kappa shape index (κ2) is 4.69. The van der Waals surface area contributed by atoms with E-state index in [9.17, 15) is 8.78 Å². The van der Waals surface area contributed by atoms with E-state index in [2.05, 4.69) is 15.3 Å². The fourth-order valence-corrected chi connectivity index (χ4v) is 1.03. The van der Waals surface area contributed by atoms with Crippen molar-refractivity contribution in [2.45, 2.75) is 25.8 Å². The fraction of sp³-hybridized carbons (Fsp3) is 0.500. The van der Waals surface area contributed by atoms with Gasteiger partial charge in [-0.1, -0.05) is 0 Å². The molecule has 1 aromatic rings. The molecule has 1 atom stereocenters. The van der Waals surface area contributed by atoms with E-state index in [1.165, 1.54) is 12.4 Å². The number of alkyl halides is 2. The highest BCUT2D eigenvalue weighted by molar-refractivity contribution is 5.43. The predicted octanol–water partition coefficient (Wildman–Crippen LogP) is 1.51. The average Bonchev–Trinajstić information content (AvgIpc) is 2.01. The number of nitrogen functional groups attached to an aromatic ring is 1. The van der Waals surface area contributed by atoms with Crippen molar-refractivity contribution in [3.63, 3.8) is 0 Å². The molecule has 0 amide bonds. The number of hydrogen-bond acceptors (Lipinski definition) is 4. The van der Waals surface area contributed by atoms with Gasteiger partial charge in [0.05, 0.1) is 0 Å². The molecule has 0 radical (unpaired) electrons. The summed E-state index contributed by atoms with van der Waals surface area (Å²) < 4.78 is 23.9. The molecule has 4 nitrogen and oxygen atoms in total. The zero-order valence-electron chi connectivity index (χ0n) is 7.74. The molecular formula is C8H12F2N4. The SMILES string of the molecule is CC(CC(F)F)Nc1cc(N)ncn1. The minimum Gasteiger partial charge on any atom is -0.384 e. The summed E-state index contributed by atoms with van der Waals surface area (Å²) in [5.41, 5.74) is 5.40. The first-order valence-corrected chi connectivity index (χ1v) is 4.20. The van der Waals surface area contributed by atoms with Crippen LogP contribution in [0.2, 0.25) is 0 Å². The Kier molecular flexibility index (Phi) is 3.55. The predicted molar refractivity (Wildman–Crippen MR) is 50.2 cm³/mol. The van der Waals surface area contributed by atoms with Crippen LogP contribution in [0.15, 0.2) is 12.4 Å². The third-order valence-corrected chi connectivity index (χ3v) is 1.61. The van der Waals surface area contributed by atoms with Crippen molar-refractivity contribution in [2.24, 2.45) is 0 Å². The molecule has 0 saturated carbocycles. The first-order valence-electron chi connectivity index (χ1n) is 4.20. The number of nitrogens with two attached hydrogens (primary N) is 1. The molecule has 1 unspecified atom stereocenters. The molecule has 0 aliphatic rings. The summed E-state index contributed by atoms with van der Waals surface area (Å²) in [5, 5.41) is 2.80. The molecule has 0 saturated heterocycles. The number of aromatic nitrogens is 2. The monoisotopic (exact) mass is 202 g/mol. The van der Waals surface area contributed by atoms with Gasteiger partial charge in [0.1, 0.15) is 18.0 Å². The minimum absolute atomic E-state index is 0.218. The Balaban J connectivity index is 2.51. The van der Waals surface area contributed by atoms with E-state index < -0.39 is 6.43 Å². The van der Waals surface area contributed by atoms with Crippen molar-refractivity contribution >= 4 is 11.6 Å². The Morgan fingerprint density at radius 3 is 2.79 bits per heavy atom. The molecule has 0 spiro atoms. The number of nitrogens with zero attached hydrogens (tertiary/aromatic N) is 2. The second-order valence-electron chi connectivity index (χ2n) is 3.00. The third kappa shape index (κ3) is 3.51. The molecule has 0 aromatic carbocycles. The molecular weight excluding hydrogens is 190 g/mol. The molecule has 0 aliphatic heterocycles. The highest BCUT2D eigenvalue weighted by Crippen LogP contribution is 2.10. The van der Waals surface area contributed by atoms with Crippen LogP contribution >= 0.6 is 0 Å². The molecule has 1 rings (SSSR count). The molecule has 1 aromatic heterocycles. The van der Waals surface area contributed by atoms with Crippen molar-refractivity contribution in [2.75, 3.05) is 11.1 Å². The summed E-state index contributed by atoms with van der Waals surface area (Å²) in [5.74, 6) is 0.775. The molecule has 14 heavy (non-hydrogen) atoms. The summed E-state index contributed by atoms with van der Waals surface area (Å²) >= 11 is 0. The number of anilines is 2. The average molecular weight is 202 g/mol. The van der Waals surface area contributed by atoms with Crippen molar-refractivity contribution in [3.05, 3.63) is 12.4 Å². The van der Waals surface area contributed by atoms with Gasteiger partial charge in [0.15, 0.2) is 0 Å². The Morgan fingerprint density at radius 1 is 1.50 bits per heavy atom. The van der Waals surface area contributed by atoms with Crippen LogP contribution < -0.4 is 11.1 Å². The topological polar surface area (TPSA) is 63.8 Å². The lowest BCUT2D eigenvalue weighted by Gasteiger charge is -2.13. The highest BCUT2D eigenvalue weighted by atomic mass is 19.3. The first-order chi connectivity index (χ1) is 6.58. The van der Waals surface area contributed by atoms with Gasteiger partial charge in [-0.2, -0.15) is 0 Å². The van der Waals surface area contributed by atoms with Gasteiger partial charge in [-0.3, -0.25) is 0 Å². The number of hydrogen-bond donors (Lipinski definition) is 2. The van der Waals surface area contributed by atoms with Crippen LogP contribution in [0.25, 0.3) is 0 Å². The summed E-state index contributed by atoms with van der Waals surface area (Å²) in [6.07, 6.45) is -1.26. The number of halogens is 2. The molecule has 1 heterocycles. The lowest BCUT2D eigenvalue weighted by atomic mass is 10.2. The Bertz CT molecular complexity index is 292. The van der Waals surface area contributed by atoms with Gasteiger partial charge in [0, 0.05) is 18.5 Å². The van der Waals surface area contributed by atoms with E-state index in [0.717, 1.165) is 0 Å². The quantitative estimate of drug-likeness (QED) is 0.776. The zero-order chi connectivity index (χ0) is 10.6. The van der Waals surface area contributed by atoms with Crippen LogP contribution in [0.3, 0.4) is 0 Å². The van der Waals surface area contributed by atoms with E-state index in [1.54, 1.807) is 6.92 Å². The molecule has 0 bridgehead atoms. The van der Waals surface area contributed by atoms with Gasteiger partial charge in [-0.25, -0.2) is 18.7 Å². The van der Waals surface area contributed by atoms with Crippen LogP contribution in [-0.4, -0.2) is 22.4 Å². The van der Waals surface area contributed by atoms with Crippen molar-refractivity contribution in [1.29, 1.82) is 0 Å². The van der Waals surface area contributed by atoms with Gasteiger partial charge >= 0.3 is 0 Å². The number of rotatable bonds is 4. The second-order valence-corrected chi connectivity index (χ2v) is 3.00. The van der Waals surface area contributed by atoms with Gasteiger partial charge in [-0.15, -0.1) is 0 Å². The molecule has 0 aliphatic carbocycles. The molecule has 3 N–H and O–H groups in total. The van der Waals surface area contributed by atoms with Crippen molar-refractivity contribution in [3.8, 4) is 0 Å². The summed E-state index contributed by atoms with van der Waals surface area (Å²) in [4.78, 5) is 7.53. The lowest BCUT2D eigenvalue weighted by Crippen LogP contribution is -2.19. The zero-order valence-corrected chi connectivity index (χ0v) is 7.74. The van der Waals surface area contributed by atoms with Crippen LogP contribution in [0.4, 0.5) is 20.4 Å². The molecule has 6 heteroatoms. The highest BCUT2D eigenvalue weighted by Gasteiger charge is 2.10. The maximum atomic E-state index is 12.0. The normalized spacial score (nSPS) is 12.9. The fourth-order valence-electron chi connectivity index (χ4n) is 1.03. The van der Waals surface area contributed by atoms with Crippen molar-refractivity contribution in [1.82, 2.24) is 9.97 Å². The van der Waals surface area contributed by atoms with Gasteiger partial charge in [0.25, 0.3) is 0 Å². The van der Waals surface area contributed by atoms with E-state index in [-0.39, 0.29) is 12.5 Å². The smallest absolute Gasteiger partial charge is 0.240 e. The molecule has 78 valence electrons. The largest absolute Gasteiger partial charge is 0.384 e. The Labute approximate surface area is 80.6 Å². The van der Waals surface area contributed by atoms with Crippen LogP contribution in [0.5, 0.6) is 0 Å². The lowest BCUT2D eigenvalue weighted by molar-refractivity contribution is 0.133. The number of nitrogens with one attached hydrogen (secondary N) is 1. The van der Waals surface area contributed by atoms with Crippen LogP contribution in [-0.2, 0) is 0 Å². The minimum atomic E-state index is -2.32. The first kappa shape index (κ1) is 10.6. The maximum Gasteiger partial charge on any atom is 0.240 e.